The van der Waals surface area contributed by atoms with E-state index in [9.17, 15) is 22.8 Å². The van der Waals surface area contributed by atoms with Gasteiger partial charge < -0.3 is 19.9 Å². The van der Waals surface area contributed by atoms with Gasteiger partial charge in [0.25, 0.3) is 0 Å². The van der Waals surface area contributed by atoms with E-state index in [-0.39, 0.29) is 37.8 Å². The van der Waals surface area contributed by atoms with E-state index in [0.29, 0.717) is 41.0 Å². The summed E-state index contributed by atoms with van der Waals surface area (Å²) in [7, 11) is -4.08. The van der Waals surface area contributed by atoms with Crippen molar-refractivity contribution in [3.63, 3.8) is 0 Å². The zero-order valence-electron chi connectivity index (χ0n) is 25.8. The third-order valence-corrected chi connectivity index (χ3v) is 9.97. The van der Waals surface area contributed by atoms with Gasteiger partial charge in [0.05, 0.1) is 12.3 Å². The van der Waals surface area contributed by atoms with Gasteiger partial charge in [-0.3, -0.25) is 14.4 Å². The van der Waals surface area contributed by atoms with Crippen molar-refractivity contribution in [1.82, 2.24) is 10.1 Å². The van der Waals surface area contributed by atoms with Crippen LogP contribution in [0.1, 0.15) is 37.3 Å². The first kappa shape index (κ1) is 33.4. The van der Waals surface area contributed by atoms with Gasteiger partial charge in [-0.05, 0) is 53.9 Å². The van der Waals surface area contributed by atoms with Crippen LogP contribution in [0.2, 0.25) is 0 Å². The first-order valence-electron chi connectivity index (χ1n) is 15.2. The topological polar surface area (TPSA) is 184 Å². The summed E-state index contributed by atoms with van der Waals surface area (Å²) in [6, 6.07) is 22.3. The highest BCUT2D eigenvalue weighted by atomic mass is 32.2. The molecule has 2 unspecified atom stereocenters. The monoisotopic (exact) mass is 664 g/mol. The lowest BCUT2D eigenvalue weighted by Crippen LogP contribution is -2.58. The Balaban J connectivity index is 1.20. The van der Waals surface area contributed by atoms with Gasteiger partial charge in [-0.25, -0.2) is 22.8 Å². The number of rotatable bonds is 15. The number of cyclic esters (lactones) is 1. The third kappa shape index (κ3) is 8.07. The van der Waals surface area contributed by atoms with Crippen LogP contribution in [0.25, 0.3) is 11.4 Å². The SMILES string of the molecule is CCCCCS(=O)(=O)C(N)(Cc1ccc(OCC2CN(c3ccc(-c4noc(=O)[nH]4)cc3)C(=O)O2)cc1)C(=O)OCc1ccccc1. The molecule has 1 aliphatic rings. The molecule has 1 fully saturated rings. The minimum atomic E-state index is -4.08. The van der Waals surface area contributed by atoms with Gasteiger partial charge >= 0.3 is 17.8 Å². The van der Waals surface area contributed by atoms with E-state index in [4.69, 9.17) is 19.9 Å². The molecule has 2 atom stereocenters. The Kier molecular flexibility index (Phi) is 10.4. The fourth-order valence-electron chi connectivity index (χ4n) is 5.05. The van der Waals surface area contributed by atoms with Crippen molar-refractivity contribution in [1.29, 1.82) is 0 Å². The quantitative estimate of drug-likeness (QED) is 0.138. The second kappa shape index (κ2) is 14.6. The summed E-state index contributed by atoms with van der Waals surface area (Å²) in [6.07, 6.45) is 0.514. The number of carbonyl (C=O) groups excluding carboxylic acids is 2. The zero-order valence-corrected chi connectivity index (χ0v) is 26.6. The number of hydrogen-bond acceptors (Lipinski definition) is 11. The maximum Gasteiger partial charge on any atom is 0.439 e. The van der Waals surface area contributed by atoms with Crippen molar-refractivity contribution in [2.75, 3.05) is 23.8 Å². The van der Waals surface area contributed by atoms with E-state index in [1.807, 2.05) is 13.0 Å². The summed E-state index contributed by atoms with van der Waals surface area (Å²) in [4.78, 5) is 38.7. The maximum absolute atomic E-state index is 13.4. The van der Waals surface area contributed by atoms with E-state index in [1.54, 1.807) is 72.8 Å². The number of aromatic amines is 1. The van der Waals surface area contributed by atoms with Crippen molar-refractivity contribution >= 4 is 27.6 Å². The average Bonchev–Trinajstić information content (AvgIpc) is 3.68. The highest BCUT2D eigenvalue weighted by molar-refractivity contribution is 7.93. The fraction of sp³-hybridized carbons (Fsp3) is 0.333. The van der Waals surface area contributed by atoms with E-state index in [1.165, 1.54) is 4.90 Å². The number of aromatic nitrogens is 2. The smallest absolute Gasteiger partial charge is 0.439 e. The number of hydrogen-bond donors (Lipinski definition) is 2. The number of benzene rings is 3. The Bertz CT molecular complexity index is 1820. The molecule has 248 valence electrons. The molecule has 0 radical (unpaired) electrons. The molecular formula is C33H36N4O9S. The van der Waals surface area contributed by atoms with Gasteiger partial charge in [-0.15, -0.1) is 0 Å². The van der Waals surface area contributed by atoms with Crippen LogP contribution in [-0.2, 0) is 37.1 Å². The van der Waals surface area contributed by atoms with Crippen LogP contribution in [0.3, 0.4) is 0 Å². The van der Waals surface area contributed by atoms with Crippen LogP contribution in [0, 0.1) is 0 Å². The maximum atomic E-state index is 13.4. The van der Waals surface area contributed by atoms with Crippen molar-refractivity contribution < 1.29 is 36.7 Å². The highest BCUT2D eigenvalue weighted by Crippen LogP contribution is 2.27. The number of nitrogens with two attached hydrogens (primary N) is 1. The summed E-state index contributed by atoms with van der Waals surface area (Å²) in [5.74, 6) is -1.18. The van der Waals surface area contributed by atoms with Gasteiger partial charge in [0.15, 0.2) is 21.8 Å². The molecule has 1 saturated heterocycles. The van der Waals surface area contributed by atoms with Crippen LogP contribution >= 0.6 is 0 Å². The number of nitrogens with one attached hydrogen (secondary N) is 1. The largest absolute Gasteiger partial charge is 0.490 e. The van der Waals surface area contributed by atoms with Crippen LogP contribution < -0.4 is 21.1 Å². The van der Waals surface area contributed by atoms with Crippen molar-refractivity contribution in [2.24, 2.45) is 5.73 Å². The molecule has 1 aliphatic heterocycles. The Morgan fingerprint density at radius 3 is 2.40 bits per heavy atom. The summed E-state index contributed by atoms with van der Waals surface area (Å²) in [5, 5.41) is 3.65. The molecule has 2 heterocycles. The van der Waals surface area contributed by atoms with Gasteiger partial charge in [0, 0.05) is 17.7 Å². The predicted octanol–water partition coefficient (Wildman–Crippen LogP) is 3.98. The molecule has 13 nitrogen and oxygen atoms in total. The number of anilines is 1. The molecule has 3 N–H and O–H groups in total. The van der Waals surface area contributed by atoms with Crippen molar-refractivity contribution in [3.05, 3.63) is 101 Å². The number of ether oxygens (including phenoxy) is 3. The van der Waals surface area contributed by atoms with E-state index < -0.39 is 38.6 Å². The summed E-state index contributed by atoms with van der Waals surface area (Å²) < 4.78 is 48.1. The van der Waals surface area contributed by atoms with Crippen LogP contribution in [0.15, 0.2) is 88.2 Å². The second-order valence-corrected chi connectivity index (χ2v) is 13.6. The lowest BCUT2D eigenvalue weighted by Gasteiger charge is -2.27. The standard InChI is InChI=1S/C33H36N4O9S/c1-2-3-7-18-47(41,42)33(34,30(38)44-21-24-8-5-4-6-9-24)19-23-10-16-27(17-11-23)43-22-28-20-37(32(40)45-28)26-14-12-25(13-15-26)29-35-31(39)46-36-29/h4-6,8-17,28H,2-3,7,18-22,34H2,1H3,(H,35,36,39). The van der Waals surface area contributed by atoms with Crippen LogP contribution in [0.4, 0.5) is 10.5 Å². The molecule has 1 amide bonds. The molecule has 0 aliphatic carbocycles. The lowest BCUT2D eigenvalue weighted by atomic mass is 10.1. The zero-order chi connectivity index (χ0) is 33.4. The molecule has 47 heavy (non-hydrogen) atoms. The lowest BCUT2D eigenvalue weighted by molar-refractivity contribution is -0.148. The summed E-state index contributed by atoms with van der Waals surface area (Å²) in [5.41, 5.74) is 8.84. The van der Waals surface area contributed by atoms with Crippen molar-refractivity contribution in [3.8, 4) is 17.1 Å². The van der Waals surface area contributed by atoms with Gasteiger partial charge in [0.2, 0.25) is 4.87 Å². The minimum absolute atomic E-state index is 0.0678. The van der Waals surface area contributed by atoms with E-state index in [2.05, 4.69) is 14.7 Å². The first-order chi connectivity index (χ1) is 22.6. The number of amides is 1. The number of nitrogens with zero attached hydrogens (tertiary/aromatic N) is 2. The number of carbonyl (C=O) groups is 2. The van der Waals surface area contributed by atoms with Crippen molar-refractivity contribution in [2.45, 2.75) is 50.2 Å². The normalized spacial score (nSPS) is 16.0. The van der Waals surface area contributed by atoms with Crippen LogP contribution in [0.5, 0.6) is 5.75 Å². The van der Waals surface area contributed by atoms with E-state index >= 15 is 0 Å². The molecule has 0 spiro atoms. The predicted molar refractivity (Wildman–Crippen MR) is 172 cm³/mol. The van der Waals surface area contributed by atoms with Gasteiger partial charge in [-0.2, -0.15) is 0 Å². The molecule has 3 aromatic carbocycles. The number of unbranched alkanes of at least 4 members (excludes halogenated alkanes) is 2. The number of sulfone groups is 1. The van der Waals surface area contributed by atoms with Gasteiger partial charge in [0.1, 0.15) is 19.0 Å². The first-order valence-corrected chi connectivity index (χ1v) is 16.8. The van der Waals surface area contributed by atoms with Crippen LogP contribution in [-0.4, -0.2) is 60.5 Å². The Morgan fingerprint density at radius 2 is 1.74 bits per heavy atom. The van der Waals surface area contributed by atoms with Gasteiger partial charge in [-0.1, -0.05) is 67.4 Å². The van der Waals surface area contributed by atoms with E-state index in [0.717, 1.165) is 6.42 Å². The number of H-pyrrole nitrogens is 1. The highest BCUT2D eigenvalue weighted by Gasteiger charge is 2.48. The fourth-order valence-corrected chi connectivity index (χ4v) is 6.70. The molecule has 1 aromatic heterocycles. The summed E-state index contributed by atoms with van der Waals surface area (Å²) in [6.45, 7) is 2.17. The third-order valence-electron chi connectivity index (χ3n) is 7.72. The minimum Gasteiger partial charge on any atom is -0.490 e. The molecule has 0 bridgehead atoms. The molecular weight excluding hydrogens is 628 g/mol. The molecule has 5 rings (SSSR count). The average molecular weight is 665 g/mol. The molecule has 4 aromatic rings. The Hall–Kier alpha value is -4.95. The number of esters is 1. The second-order valence-electron chi connectivity index (χ2n) is 11.2. The Labute approximate surface area is 271 Å². The summed E-state index contributed by atoms with van der Waals surface area (Å²) >= 11 is 0. The Morgan fingerprint density at radius 1 is 1.02 bits per heavy atom. The molecule has 14 heteroatoms. The molecule has 0 saturated carbocycles.